The minimum Gasteiger partial charge on any atom is -0.507 e. The molecule has 0 amide bonds. The van der Waals surface area contributed by atoms with Gasteiger partial charge in [-0.15, -0.1) is 29.8 Å². The van der Waals surface area contributed by atoms with E-state index in [4.69, 9.17) is 9.97 Å². The second-order valence-electron chi connectivity index (χ2n) is 21.6. The third kappa shape index (κ3) is 8.01. The molecule has 0 spiro atoms. The summed E-state index contributed by atoms with van der Waals surface area (Å²) in [5.74, 6) is 0.939. The minimum atomic E-state index is -1.73. The number of hydrogen-bond donors (Lipinski definition) is 1. The van der Waals surface area contributed by atoms with Crippen LogP contribution >= 0.6 is 0 Å². The summed E-state index contributed by atoms with van der Waals surface area (Å²) in [6.07, 6.45) is 1.94. The zero-order chi connectivity index (χ0) is 48.0. The van der Waals surface area contributed by atoms with E-state index in [9.17, 15) is 5.11 Å². The molecule has 0 bridgehead atoms. The van der Waals surface area contributed by atoms with E-state index < -0.39 is 8.07 Å². The number of para-hydroxylation sites is 2. The van der Waals surface area contributed by atoms with Crippen molar-refractivity contribution in [2.75, 3.05) is 0 Å². The third-order valence-electron chi connectivity index (χ3n) is 13.8. The fraction of sp³-hybridized carbons (Fsp3) is 0.175. The van der Waals surface area contributed by atoms with E-state index in [1.54, 1.807) is 0 Å². The maximum Gasteiger partial charge on any atom is 0.148 e. The average Bonchev–Trinajstić information content (AvgIpc) is 3.90. The van der Waals surface area contributed by atoms with Crippen molar-refractivity contribution in [3.05, 3.63) is 193 Å². The summed E-state index contributed by atoms with van der Waals surface area (Å²) in [5, 5.41) is 18.7. The smallest absolute Gasteiger partial charge is 0.148 e. The molecule has 0 fully saturated rings. The monoisotopic (exact) mass is 1110 g/mol. The van der Waals surface area contributed by atoms with Gasteiger partial charge < -0.3 is 9.67 Å². The van der Waals surface area contributed by atoms with Gasteiger partial charge in [0, 0.05) is 66.1 Å². The maximum absolute atomic E-state index is 12.6. The van der Waals surface area contributed by atoms with Crippen molar-refractivity contribution in [1.29, 1.82) is 0 Å². The van der Waals surface area contributed by atoms with Crippen LogP contribution in [0.15, 0.2) is 176 Å². The zero-order valence-electron chi connectivity index (χ0n) is 41.3. The Kier molecular flexibility index (Phi) is 11.7. The van der Waals surface area contributed by atoms with Crippen molar-refractivity contribution in [1.82, 2.24) is 19.1 Å². The Morgan fingerprint density at radius 1 is 0.571 bits per heavy atom. The predicted molar refractivity (Wildman–Crippen MR) is 293 cm³/mol. The number of rotatable bonds is 7. The van der Waals surface area contributed by atoms with Crippen LogP contribution in [-0.2, 0) is 31.9 Å². The molecule has 1 N–H and O–H groups in total. The van der Waals surface area contributed by atoms with Crippen molar-refractivity contribution in [3.8, 4) is 62.0 Å². The number of aromatic nitrogens is 4. The zero-order valence-corrected chi connectivity index (χ0v) is 44.6. The second kappa shape index (κ2) is 17.5. The molecule has 11 aromatic rings. The number of hydrogen-bond acceptors (Lipinski definition) is 3. The van der Waals surface area contributed by atoms with Crippen LogP contribution < -0.4 is 5.19 Å². The summed E-state index contributed by atoms with van der Waals surface area (Å²) in [6.45, 7) is 20.4. The Morgan fingerprint density at radius 3 is 2.00 bits per heavy atom. The summed E-state index contributed by atoms with van der Waals surface area (Å²) in [4.78, 5) is 10.8. The SMILES string of the molecule is CC(C)(C)c1cc(-c2nc3c(-c4[c-]c(-c5nccc6c7c8ccccc8ccc7n(-c7ccccc7)c56)ccc4)cccc3n2-c2ccc([Si](C)(C)C)cc2-c2ccccc2)c(O)c(C(C)(C)C)c1.[Pt]. The molecule has 350 valence electrons. The van der Waals surface area contributed by atoms with Crippen LogP contribution in [0.25, 0.3) is 99.9 Å². The Labute approximate surface area is 426 Å². The van der Waals surface area contributed by atoms with E-state index in [0.29, 0.717) is 11.4 Å². The molecule has 0 aliphatic carbocycles. The van der Waals surface area contributed by atoms with E-state index >= 15 is 0 Å². The number of nitrogens with zero attached hydrogens (tertiary/aromatic N) is 4. The van der Waals surface area contributed by atoms with E-state index in [2.05, 4.69) is 246 Å². The van der Waals surface area contributed by atoms with Crippen LogP contribution in [0.1, 0.15) is 52.7 Å². The van der Waals surface area contributed by atoms with Gasteiger partial charge in [0.05, 0.1) is 35.9 Å². The van der Waals surface area contributed by atoms with Gasteiger partial charge >= 0.3 is 0 Å². The Morgan fingerprint density at radius 2 is 1.27 bits per heavy atom. The van der Waals surface area contributed by atoms with Crippen LogP contribution in [0.4, 0.5) is 0 Å². The second-order valence-corrected chi connectivity index (χ2v) is 26.7. The molecule has 0 atom stereocenters. The van der Waals surface area contributed by atoms with Gasteiger partial charge in [-0.1, -0.05) is 187 Å². The Balaban J connectivity index is 0.00000567. The van der Waals surface area contributed by atoms with Crippen molar-refractivity contribution >= 4 is 56.9 Å². The van der Waals surface area contributed by atoms with Crippen molar-refractivity contribution in [2.45, 2.75) is 72.0 Å². The normalized spacial score (nSPS) is 12.3. The minimum absolute atomic E-state index is 0. The first-order chi connectivity index (χ1) is 33.1. The summed E-state index contributed by atoms with van der Waals surface area (Å²) >= 11 is 0. The number of benzene rings is 8. The maximum atomic E-state index is 12.6. The summed E-state index contributed by atoms with van der Waals surface area (Å²) < 4.78 is 4.65. The van der Waals surface area contributed by atoms with Crippen LogP contribution in [0.2, 0.25) is 19.6 Å². The molecule has 0 saturated heterocycles. The fourth-order valence-corrected chi connectivity index (χ4v) is 11.3. The summed E-state index contributed by atoms with van der Waals surface area (Å²) in [5.41, 5.74) is 14.1. The van der Waals surface area contributed by atoms with Crippen LogP contribution in [-0.4, -0.2) is 32.3 Å². The molecule has 7 heteroatoms. The number of imidazole rings is 1. The number of aromatic hydroxyl groups is 1. The first-order valence-corrected chi connectivity index (χ1v) is 27.6. The van der Waals surface area contributed by atoms with Gasteiger partial charge in [-0.05, 0) is 75.2 Å². The molecular weight excluding hydrogens is 1050 g/mol. The molecule has 3 aromatic heterocycles. The van der Waals surface area contributed by atoms with Gasteiger partial charge in [0.1, 0.15) is 11.6 Å². The van der Waals surface area contributed by atoms with Crippen molar-refractivity contribution in [2.24, 2.45) is 0 Å². The molecule has 0 aliphatic heterocycles. The van der Waals surface area contributed by atoms with Crippen molar-refractivity contribution < 1.29 is 26.2 Å². The first-order valence-electron chi connectivity index (χ1n) is 24.1. The molecule has 3 heterocycles. The molecule has 0 saturated carbocycles. The van der Waals surface area contributed by atoms with Crippen molar-refractivity contribution in [3.63, 3.8) is 0 Å². The number of pyridine rings is 1. The van der Waals surface area contributed by atoms with Gasteiger partial charge in [-0.3, -0.25) is 9.55 Å². The van der Waals surface area contributed by atoms with E-state index in [1.165, 1.54) is 21.3 Å². The van der Waals surface area contributed by atoms with Crippen LogP contribution in [0.3, 0.4) is 0 Å². The van der Waals surface area contributed by atoms with E-state index in [1.807, 2.05) is 6.20 Å². The van der Waals surface area contributed by atoms with E-state index in [-0.39, 0.29) is 37.6 Å². The fourth-order valence-electron chi connectivity index (χ4n) is 10.1. The van der Waals surface area contributed by atoms with Gasteiger partial charge in [0.15, 0.2) is 0 Å². The summed E-state index contributed by atoms with van der Waals surface area (Å²) in [7, 11) is -1.73. The standard InChI is InChI=1S/C63H57N4OSi.Pt/c1-62(2,3)44-37-51(60(68)52(38-44)63(4,5)6)61-65-58-48(28-19-29-55(58)67(61)53-33-31-46(69(7,8)9)39-50(53)40-20-12-10-13-21-40)42-23-18-24-43(36-42)57-59-49(34-35-64-57)56-47-27-17-16-22-41(47)30-32-54(56)66(59)45-25-14-11-15-26-45;/h10-35,37-39,68H,1-9H3;/q-1;. The number of phenols is 1. The predicted octanol–water partition coefficient (Wildman–Crippen LogP) is 16.0. The number of fused-ring (bicyclic) bond motifs is 6. The van der Waals surface area contributed by atoms with Crippen LogP contribution in [0.5, 0.6) is 5.75 Å². The topological polar surface area (TPSA) is 55.9 Å². The number of phenolic OH excluding ortho intramolecular Hbond substituents is 1. The molecule has 8 aromatic carbocycles. The van der Waals surface area contributed by atoms with Gasteiger partial charge in [0.25, 0.3) is 0 Å². The first kappa shape index (κ1) is 46.9. The molecule has 11 rings (SSSR count). The Hall–Kier alpha value is -6.85. The summed E-state index contributed by atoms with van der Waals surface area (Å²) in [6, 6.07) is 64.5. The molecule has 5 nitrogen and oxygen atoms in total. The largest absolute Gasteiger partial charge is 0.507 e. The molecule has 0 unspecified atom stereocenters. The van der Waals surface area contributed by atoms with Gasteiger partial charge in [-0.2, -0.15) is 0 Å². The molecule has 0 radical (unpaired) electrons. The van der Waals surface area contributed by atoms with Crippen LogP contribution in [0, 0.1) is 6.07 Å². The quantitative estimate of drug-likeness (QED) is 0.128. The Bertz CT molecular complexity index is 3790. The van der Waals surface area contributed by atoms with Gasteiger partial charge in [-0.25, -0.2) is 4.98 Å². The molecule has 70 heavy (non-hydrogen) atoms. The molecule has 0 aliphatic rings. The third-order valence-corrected chi connectivity index (χ3v) is 15.9. The van der Waals surface area contributed by atoms with Gasteiger partial charge in [0.2, 0.25) is 0 Å². The molecular formula is C63H57N4OPtSi-. The van der Waals surface area contributed by atoms with E-state index in [0.717, 1.165) is 83.5 Å². The average molecular weight is 1110 g/mol.